The summed E-state index contributed by atoms with van der Waals surface area (Å²) in [7, 11) is 0. The van der Waals surface area contributed by atoms with Crippen molar-refractivity contribution in [1.82, 2.24) is 0 Å². The second-order valence-corrected chi connectivity index (χ2v) is 13.7. The van der Waals surface area contributed by atoms with E-state index in [4.69, 9.17) is 4.42 Å². The van der Waals surface area contributed by atoms with Gasteiger partial charge in [0.25, 0.3) is 0 Å². The molecule has 52 heavy (non-hydrogen) atoms. The van der Waals surface area contributed by atoms with Crippen molar-refractivity contribution in [2.24, 2.45) is 0 Å². The molecule has 2 nitrogen and oxygen atoms in total. The van der Waals surface area contributed by atoms with Crippen LogP contribution < -0.4 is 4.90 Å². The number of hydrogen-bond acceptors (Lipinski definition) is 2. The van der Waals surface area contributed by atoms with Crippen molar-refractivity contribution in [3.63, 3.8) is 0 Å². The summed E-state index contributed by atoms with van der Waals surface area (Å²) in [5.41, 5.74) is 7.43. The molecule has 0 radical (unpaired) electrons. The Hall–Kier alpha value is -6.90. The van der Waals surface area contributed by atoms with Gasteiger partial charge in [0.05, 0.1) is 11.1 Å². The Morgan fingerprint density at radius 3 is 1.56 bits per heavy atom. The van der Waals surface area contributed by atoms with E-state index in [9.17, 15) is 0 Å². The Balaban J connectivity index is 1.13. The summed E-state index contributed by atoms with van der Waals surface area (Å²) in [6.45, 7) is 0. The van der Waals surface area contributed by atoms with Gasteiger partial charge in [-0.25, -0.2) is 0 Å². The molecule has 0 saturated carbocycles. The molecular formula is C50H31NO. The van der Waals surface area contributed by atoms with Crippen molar-refractivity contribution >= 4 is 92.9 Å². The molecule has 1 heterocycles. The summed E-state index contributed by atoms with van der Waals surface area (Å²) in [5, 5.41) is 14.5. The third-order valence-corrected chi connectivity index (χ3v) is 10.8. The first-order valence-electron chi connectivity index (χ1n) is 17.8. The molecule has 0 amide bonds. The molecule has 0 N–H and O–H groups in total. The lowest BCUT2D eigenvalue weighted by Crippen LogP contribution is -2.10. The molecule has 0 aliphatic carbocycles. The molecule has 1 aromatic heterocycles. The van der Waals surface area contributed by atoms with Crippen LogP contribution in [0.25, 0.3) is 86.9 Å². The van der Waals surface area contributed by atoms with Gasteiger partial charge in [-0.3, -0.25) is 0 Å². The summed E-state index contributed by atoms with van der Waals surface area (Å²) >= 11 is 0. The normalized spacial score (nSPS) is 11.8. The molecule has 0 saturated heterocycles. The number of hydrogen-bond donors (Lipinski definition) is 0. The number of furan rings is 1. The Labute approximate surface area is 300 Å². The van der Waals surface area contributed by atoms with Crippen molar-refractivity contribution in [2.45, 2.75) is 0 Å². The zero-order valence-corrected chi connectivity index (χ0v) is 28.3. The van der Waals surface area contributed by atoms with Crippen molar-refractivity contribution in [3.8, 4) is 11.1 Å². The van der Waals surface area contributed by atoms with E-state index in [1.54, 1.807) is 0 Å². The quantitative estimate of drug-likeness (QED) is 0.175. The standard InChI is InChI=1S/C50H31NO/c1-4-11-41-33(8-1)16-18-36-20-21-38(30-45(36)41)32-22-26-39(27-23-32)51(40-28-24-37-19-17-34-9-2-5-12-42(34)46(37)31-40)47-14-7-15-48-49(47)44-29-25-35-10-3-6-13-43(35)50(44)52-48/h1-31H. The third kappa shape index (κ3) is 4.44. The maximum atomic E-state index is 6.67. The van der Waals surface area contributed by atoms with E-state index in [0.29, 0.717) is 0 Å². The van der Waals surface area contributed by atoms with E-state index in [2.05, 4.69) is 193 Å². The Bertz CT molecular complexity index is 3190. The lowest BCUT2D eigenvalue weighted by molar-refractivity contribution is 0.672. The Morgan fingerprint density at radius 2 is 0.846 bits per heavy atom. The Morgan fingerprint density at radius 1 is 0.327 bits per heavy atom. The monoisotopic (exact) mass is 661 g/mol. The molecule has 242 valence electrons. The van der Waals surface area contributed by atoms with Gasteiger partial charge >= 0.3 is 0 Å². The zero-order chi connectivity index (χ0) is 34.2. The van der Waals surface area contributed by atoms with Crippen LogP contribution in [0, 0.1) is 0 Å². The zero-order valence-electron chi connectivity index (χ0n) is 28.3. The van der Waals surface area contributed by atoms with Crippen LogP contribution in [0.2, 0.25) is 0 Å². The second-order valence-electron chi connectivity index (χ2n) is 13.7. The van der Waals surface area contributed by atoms with Crippen molar-refractivity contribution in [3.05, 3.63) is 188 Å². The van der Waals surface area contributed by atoms with Crippen LogP contribution in [0.15, 0.2) is 192 Å². The second kappa shape index (κ2) is 11.3. The van der Waals surface area contributed by atoms with Crippen LogP contribution in [-0.2, 0) is 0 Å². The van der Waals surface area contributed by atoms with Gasteiger partial charge in [0.15, 0.2) is 0 Å². The summed E-state index contributed by atoms with van der Waals surface area (Å²) in [4.78, 5) is 2.39. The number of fused-ring (bicyclic) bond motifs is 11. The van der Waals surface area contributed by atoms with Crippen LogP contribution >= 0.6 is 0 Å². The predicted octanol–water partition coefficient (Wildman–Crippen LogP) is 14.5. The third-order valence-electron chi connectivity index (χ3n) is 10.8. The highest BCUT2D eigenvalue weighted by Gasteiger charge is 2.21. The molecule has 2 heteroatoms. The molecule has 11 aromatic rings. The number of rotatable bonds is 4. The summed E-state index contributed by atoms with van der Waals surface area (Å²) in [6, 6.07) is 68.1. The fourth-order valence-corrected chi connectivity index (χ4v) is 8.26. The molecule has 0 atom stereocenters. The van der Waals surface area contributed by atoms with Gasteiger partial charge < -0.3 is 9.32 Å². The maximum absolute atomic E-state index is 6.67. The number of anilines is 3. The lowest BCUT2D eigenvalue weighted by atomic mass is 9.97. The molecule has 0 spiro atoms. The highest BCUT2D eigenvalue weighted by molar-refractivity contribution is 6.20. The van der Waals surface area contributed by atoms with Crippen LogP contribution in [0.3, 0.4) is 0 Å². The van der Waals surface area contributed by atoms with Gasteiger partial charge in [-0.05, 0) is 108 Å². The lowest BCUT2D eigenvalue weighted by Gasteiger charge is -2.27. The minimum absolute atomic E-state index is 0.875. The summed E-state index contributed by atoms with van der Waals surface area (Å²) < 4.78 is 6.67. The molecule has 10 aromatic carbocycles. The first-order valence-corrected chi connectivity index (χ1v) is 17.8. The average Bonchev–Trinajstić information content (AvgIpc) is 3.61. The molecule has 11 rings (SSSR count). The van der Waals surface area contributed by atoms with Gasteiger partial charge in [0, 0.05) is 22.1 Å². The van der Waals surface area contributed by atoms with Crippen molar-refractivity contribution in [1.29, 1.82) is 0 Å². The van der Waals surface area contributed by atoms with Crippen molar-refractivity contribution < 1.29 is 4.42 Å². The van der Waals surface area contributed by atoms with Crippen LogP contribution in [0.1, 0.15) is 0 Å². The first-order chi connectivity index (χ1) is 25.8. The fourth-order valence-electron chi connectivity index (χ4n) is 8.26. The van der Waals surface area contributed by atoms with Gasteiger partial charge in [-0.15, -0.1) is 0 Å². The van der Waals surface area contributed by atoms with E-state index in [1.807, 2.05) is 0 Å². The van der Waals surface area contributed by atoms with Crippen molar-refractivity contribution in [2.75, 3.05) is 4.90 Å². The van der Waals surface area contributed by atoms with E-state index < -0.39 is 0 Å². The number of nitrogens with zero attached hydrogens (tertiary/aromatic N) is 1. The maximum Gasteiger partial charge on any atom is 0.143 e. The van der Waals surface area contributed by atoms with Crippen LogP contribution in [-0.4, -0.2) is 0 Å². The van der Waals surface area contributed by atoms with Crippen LogP contribution in [0.4, 0.5) is 17.1 Å². The average molecular weight is 662 g/mol. The molecule has 0 unspecified atom stereocenters. The smallest absolute Gasteiger partial charge is 0.143 e. The van der Waals surface area contributed by atoms with E-state index in [1.165, 1.54) is 59.6 Å². The molecule has 0 bridgehead atoms. The summed E-state index contributed by atoms with van der Waals surface area (Å²) in [6.07, 6.45) is 0. The SMILES string of the molecule is c1ccc2c(c1)ccc1ccc(-c3ccc(N(c4ccc5ccc6ccccc6c5c4)c4cccc5oc6c7ccccc7ccc6c45)cc3)cc12. The molecular weight excluding hydrogens is 631 g/mol. The predicted molar refractivity (Wildman–Crippen MR) is 221 cm³/mol. The molecule has 0 fully saturated rings. The number of benzene rings is 10. The van der Waals surface area contributed by atoms with Gasteiger partial charge in [0.2, 0.25) is 0 Å². The molecule has 0 aliphatic rings. The fraction of sp³-hybridized carbons (Fsp3) is 0. The topological polar surface area (TPSA) is 16.4 Å². The summed E-state index contributed by atoms with van der Waals surface area (Å²) in [5.74, 6) is 0. The highest BCUT2D eigenvalue weighted by Crippen LogP contribution is 2.45. The minimum atomic E-state index is 0.875. The van der Waals surface area contributed by atoms with Gasteiger partial charge in [0.1, 0.15) is 11.2 Å². The van der Waals surface area contributed by atoms with E-state index in [-0.39, 0.29) is 0 Å². The van der Waals surface area contributed by atoms with Gasteiger partial charge in [-0.2, -0.15) is 0 Å². The minimum Gasteiger partial charge on any atom is -0.455 e. The molecule has 0 aliphatic heterocycles. The largest absolute Gasteiger partial charge is 0.455 e. The van der Waals surface area contributed by atoms with Crippen LogP contribution in [0.5, 0.6) is 0 Å². The van der Waals surface area contributed by atoms with E-state index in [0.717, 1.165) is 44.4 Å². The first kappa shape index (κ1) is 28.9. The Kier molecular flexibility index (Phi) is 6.28. The van der Waals surface area contributed by atoms with Gasteiger partial charge in [-0.1, -0.05) is 140 Å². The van der Waals surface area contributed by atoms with E-state index >= 15 is 0 Å². The highest BCUT2D eigenvalue weighted by atomic mass is 16.3.